The topological polar surface area (TPSA) is 99.6 Å². The van der Waals surface area contributed by atoms with Gasteiger partial charge in [-0.1, -0.05) is 13.8 Å². The summed E-state index contributed by atoms with van der Waals surface area (Å²) in [5.74, 6) is 3.72. The number of hydrogen-bond donors (Lipinski definition) is 3. The molecule has 3 N–H and O–H groups in total. The zero-order valence-corrected chi connectivity index (χ0v) is 20.7. The highest BCUT2D eigenvalue weighted by Crippen LogP contribution is 2.24. The zero-order chi connectivity index (χ0) is 22.8. The Morgan fingerprint density at radius 2 is 1.91 bits per heavy atom. The maximum Gasteiger partial charge on any atom is 0.206 e. The zero-order valence-electron chi connectivity index (χ0n) is 19.9. The van der Waals surface area contributed by atoms with Gasteiger partial charge < -0.3 is 15.6 Å². The Bertz CT molecular complexity index is 1240. The molecule has 180 valence electrons. The molecule has 0 aliphatic carbocycles. The van der Waals surface area contributed by atoms with E-state index in [2.05, 4.69) is 67.6 Å². The van der Waals surface area contributed by atoms with Gasteiger partial charge in [0.2, 0.25) is 5.95 Å². The van der Waals surface area contributed by atoms with Crippen molar-refractivity contribution in [2.24, 2.45) is 13.0 Å². The van der Waals surface area contributed by atoms with Crippen LogP contribution in [-0.4, -0.2) is 60.8 Å². The molecule has 0 atom stereocenters. The predicted octanol–water partition coefficient (Wildman–Crippen LogP) is 3.52. The molecule has 3 aromatic heterocycles. The summed E-state index contributed by atoms with van der Waals surface area (Å²) >= 11 is 0. The molecule has 1 aliphatic rings. The maximum absolute atomic E-state index is 4.74. The molecule has 34 heavy (non-hydrogen) atoms. The number of fused-ring (bicyclic) bond motifs is 1. The van der Waals surface area contributed by atoms with E-state index < -0.39 is 0 Å². The molecule has 0 unspecified atom stereocenters. The number of anilines is 2. The van der Waals surface area contributed by atoms with Crippen LogP contribution in [0.25, 0.3) is 22.4 Å². The van der Waals surface area contributed by atoms with Crippen LogP contribution in [0.3, 0.4) is 0 Å². The molecule has 0 amide bonds. The number of nitrogens with zero attached hydrogens (tertiary/aromatic N) is 6. The third kappa shape index (κ3) is 5.55. The van der Waals surface area contributed by atoms with E-state index in [9.17, 15) is 0 Å². The monoisotopic (exact) mass is 481 g/mol. The highest BCUT2D eigenvalue weighted by Gasteiger charge is 2.14. The molecule has 1 aliphatic heterocycles. The Morgan fingerprint density at radius 1 is 1.09 bits per heavy atom. The second-order valence-electron chi connectivity index (χ2n) is 9.09. The summed E-state index contributed by atoms with van der Waals surface area (Å²) in [5.41, 5.74) is 4.09. The van der Waals surface area contributed by atoms with Gasteiger partial charge in [-0.05, 0) is 41.8 Å². The standard InChI is InChI=1S/C24H31N9.ClH/c1-16(2)12-22-29-23(32(3)31-22)18-4-5-19-20(14-18)28-24(27-19)30-21-13-17(6-7-26-21)15-33-10-8-25-9-11-33;/h4-7,13-14,16,25H,8-12,15H2,1-3H3,(H2,26,27,28,30);1H. The number of nitrogens with one attached hydrogen (secondary N) is 3. The minimum absolute atomic E-state index is 0. The van der Waals surface area contributed by atoms with Crippen LogP contribution in [0, 0.1) is 5.92 Å². The van der Waals surface area contributed by atoms with Gasteiger partial charge in [0.1, 0.15) is 5.82 Å². The highest BCUT2D eigenvalue weighted by molar-refractivity contribution is 5.85. The van der Waals surface area contributed by atoms with Gasteiger partial charge in [-0.25, -0.2) is 19.6 Å². The van der Waals surface area contributed by atoms with Gasteiger partial charge >= 0.3 is 0 Å². The molecule has 1 fully saturated rings. The van der Waals surface area contributed by atoms with Gasteiger partial charge in [0.15, 0.2) is 11.6 Å². The number of hydrogen-bond acceptors (Lipinski definition) is 7. The molecule has 1 saturated heterocycles. The summed E-state index contributed by atoms with van der Waals surface area (Å²) in [6, 6.07) is 10.3. The van der Waals surface area contributed by atoms with Crippen molar-refractivity contribution in [3.05, 3.63) is 47.9 Å². The highest BCUT2D eigenvalue weighted by atomic mass is 35.5. The van der Waals surface area contributed by atoms with Crippen molar-refractivity contribution >= 4 is 35.2 Å². The summed E-state index contributed by atoms with van der Waals surface area (Å²) in [5, 5.41) is 11.3. The smallest absolute Gasteiger partial charge is 0.206 e. The van der Waals surface area contributed by atoms with Gasteiger partial charge in [0.25, 0.3) is 0 Å². The first-order valence-electron chi connectivity index (χ1n) is 11.6. The van der Waals surface area contributed by atoms with E-state index in [0.717, 1.165) is 73.2 Å². The van der Waals surface area contributed by atoms with Crippen molar-refractivity contribution in [2.75, 3.05) is 31.5 Å². The molecule has 0 bridgehead atoms. The van der Waals surface area contributed by atoms with E-state index in [4.69, 9.17) is 4.98 Å². The summed E-state index contributed by atoms with van der Waals surface area (Å²) in [6.45, 7) is 9.52. The lowest BCUT2D eigenvalue weighted by Gasteiger charge is -2.27. The number of rotatable bonds is 7. The summed E-state index contributed by atoms with van der Waals surface area (Å²) in [6.07, 6.45) is 2.72. The molecule has 0 saturated carbocycles. The van der Waals surface area contributed by atoms with Crippen molar-refractivity contribution in [3.63, 3.8) is 0 Å². The van der Waals surface area contributed by atoms with Crippen LogP contribution in [0.5, 0.6) is 0 Å². The number of benzene rings is 1. The number of imidazole rings is 1. The van der Waals surface area contributed by atoms with E-state index in [-0.39, 0.29) is 12.4 Å². The molecule has 9 nitrogen and oxygen atoms in total. The van der Waals surface area contributed by atoms with Crippen molar-refractivity contribution in [1.82, 2.24) is 39.9 Å². The van der Waals surface area contributed by atoms with Gasteiger partial charge in [0.05, 0.1) is 11.0 Å². The normalized spacial score (nSPS) is 14.5. The number of aromatic nitrogens is 6. The van der Waals surface area contributed by atoms with Gasteiger partial charge in [0, 0.05) is 58.0 Å². The fourth-order valence-electron chi connectivity index (χ4n) is 4.24. The fourth-order valence-corrected chi connectivity index (χ4v) is 4.24. The minimum atomic E-state index is 0. The SMILES string of the molecule is CC(C)Cc1nc(-c2ccc3nc(Nc4cc(CN5CCNCC5)ccn4)[nH]c3c2)n(C)n1.Cl. The average Bonchev–Trinajstić information content (AvgIpc) is 3.35. The van der Waals surface area contributed by atoms with E-state index in [1.807, 2.05) is 30.1 Å². The number of halogens is 1. The quantitative estimate of drug-likeness (QED) is 0.371. The van der Waals surface area contributed by atoms with Crippen LogP contribution in [0.4, 0.5) is 11.8 Å². The molecule has 0 spiro atoms. The average molecular weight is 482 g/mol. The molecular weight excluding hydrogens is 450 g/mol. The first-order chi connectivity index (χ1) is 16.0. The molecule has 10 heteroatoms. The number of pyridine rings is 1. The van der Waals surface area contributed by atoms with E-state index >= 15 is 0 Å². The van der Waals surface area contributed by atoms with Gasteiger partial charge in [-0.3, -0.25) is 4.90 Å². The third-order valence-electron chi connectivity index (χ3n) is 5.82. The van der Waals surface area contributed by atoms with Gasteiger partial charge in [-0.15, -0.1) is 12.4 Å². The van der Waals surface area contributed by atoms with Crippen LogP contribution >= 0.6 is 12.4 Å². The summed E-state index contributed by atoms with van der Waals surface area (Å²) in [4.78, 5) is 19.7. The third-order valence-corrected chi connectivity index (χ3v) is 5.82. The molecule has 4 aromatic rings. The maximum atomic E-state index is 4.74. The van der Waals surface area contributed by atoms with Crippen LogP contribution < -0.4 is 10.6 Å². The first kappa shape index (κ1) is 24.1. The van der Waals surface area contributed by atoms with Crippen molar-refractivity contribution < 1.29 is 0 Å². The number of H-pyrrole nitrogens is 1. The largest absolute Gasteiger partial charge is 0.324 e. The lowest BCUT2D eigenvalue weighted by Crippen LogP contribution is -2.42. The van der Waals surface area contributed by atoms with Crippen LogP contribution in [-0.2, 0) is 20.0 Å². The lowest BCUT2D eigenvalue weighted by atomic mass is 10.1. The Balaban J connectivity index is 0.00000274. The second-order valence-corrected chi connectivity index (χ2v) is 9.09. The Hall–Kier alpha value is -3.01. The summed E-state index contributed by atoms with van der Waals surface area (Å²) in [7, 11) is 1.94. The second kappa shape index (κ2) is 10.5. The van der Waals surface area contributed by atoms with Crippen LogP contribution in [0.1, 0.15) is 25.2 Å². The van der Waals surface area contributed by atoms with Crippen molar-refractivity contribution in [2.45, 2.75) is 26.8 Å². The number of aromatic amines is 1. The van der Waals surface area contributed by atoms with Gasteiger partial charge in [-0.2, -0.15) is 5.10 Å². The number of aryl methyl sites for hydroxylation is 1. The Kier molecular flexibility index (Phi) is 7.45. The molecule has 4 heterocycles. The van der Waals surface area contributed by atoms with E-state index in [0.29, 0.717) is 11.9 Å². The van der Waals surface area contributed by atoms with Crippen LogP contribution in [0.15, 0.2) is 36.5 Å². The minimum Gasteiger partial charge on any atom is -0.324 e. The van der Waals surface area contributed by atoms with E-state index in [1.54, 1.807) is 0 Å². The number of piperazine rings is 1. The van der Waals surface area contributed by atoms with Crippen molar-refractivity contribution in [1.29, 1.82) is 0 Å². The van der Waals surface area contributed by atoms with Crippen LogP contribution in [0.2, 0.25) is 0 Å². The Labute approximate surface area is 205 Å². The summed E-state index contributed by atoms with van der Waals surface area (Å²) < 4.78 is 1.85. The van der Waals surface area contributed by atoms with Crippen molar-refractivity contribution in [3.8, 4) is 11.4 Å². The fraction of sp³-hybridized carbons (Fsp3) is 0.417. The molecule has 1 aromatic carbocycles. The predicted molar refractivity (Wildman–Crippen MR) is 138 cm³/mol. The first-order valence-corrected chi connectivity index (χ1v) is 11.6. The lowest BCUT2D eigenvalue weighted by molar-refractivity contribution is 0.233. The Morgan fingerprint density at radius 3 is 2.71 bits per heavy atom. The molecular formula is C24H32ClN9. The molecule has 0 radical (unpaired) electrons. The van der Waals surface area contributed by atoms with E-state index in [1.165, 1.54) is 5.56 Å². The molecule has 5 rings (SSSR count).